The van der Waals surface area contributed by atoms with Crippen LogP contribution in [0.2, 0.25) is 0 Å². The average Bonchev–Trinajstić information content (AvgIpc) is 3.17. The van der Waals surface area contributed by atoms with Crippen LogP contribution >= 0.6 is 0 Å². The summed E-state index contributed by atoms with van der Waals surface area (Å²) in [6, 6.07) is 7.82. The third-order valence-corrected chi connectivity index (χ3v) is 5.27. The molecule has 0 spiro atoms. The zero-order valence-corrected chi connectivity index (χ0v) is 17.5. The lowest BCUT2D eigenvalue weighted by atomic mass is 9.84. The van der Waals surface area contributed by atoms with Gasteiger partial charge in [-0.25, -0.2) is 0 Å². The zero-order chi connectivity index (χ0) is 20.6. The van der Waals surface area contributed by atoms with Gasteiger partial charge in [0.2, 0.25) is 11.8 Å². The second kappa shape index (κ2) is 10.1. The summed E-state index contributed by atoms with van der Waals surface area (Å²) in [6.45, 7) is 2.70. The molecule has 28 heavy (non-hydrogen) atoms. The van der Waals surface area contributed by atoms with Crippen LogP contribution in [-0.4, -0.2) is 56.9 Å². The van der Waals surface area contributed by atoms with E-state index in [2.05, 4.69) is 27.9 Å². The Balaban J connectivity index is 1.86. The normalized spacial score (nSPS) is 15.8. The molecule has 0 aliphatic heterocycles. The fourth-order valence-electron chi connectivity index (χ4n) is 3.70. The number of guanidine groups is 1. The molecule has 1 saturated carbocycles. The summed E-state index contributed by atoms with van der Waals surface area (Å²) in [5, 5.41) is 9.16. The maximum atomic E-state index is 12.7. The first-order valence-electron chi connectivity index (χ1n) is 9.95. The first-order chi connectivity index (χ1) is 13.4. The molecule has 0 unspecified atom stereocenters. The Kier molecular flexibility index (Phi) is 7.84. The van der Waals surface area contributed by atoms with Crippen LogP contribution < -0.4 is 16.0 Å². The molecule has 0 aromatic heterocycles. The van der Waals surface area contributed by atoms with Gasteiger partial charge in [-0.15, -0.1) is 0 Å². The van der Waals surface area contributed by atoms with Crippen LogP contribution in [0.5, 0.6) is 0 Å². The Bertz CT molecular complexity index is 709. The lowest BCUT2D eigenvalue weighted by Crippen LogP contribution is -2.50. The quantitative estimate of drug-likeness (QED) is 0.493. The second-order valence-corrected chi connectivity index (χ2v) is 7.57. The van der Waals surface area contributed by atoms with E-state index in [1.165, 1.54) is 5.56 Å². The largest absolute Gasteiger partial charge is 0.355 e. The van der Waals surface area contributed by atoms with Gasteiger partial charge in [-0.3, -0.25) is 14.6 Å². The van der Waals surface area contributed by atoms with Crippen molar-refractivity contribution in [3.8, 4) is 0 Å². The van der Waals surface area contributed by atoms with Gasteiger partial charge in [-0.05, 0) is 37.0 Å². The number of amides is 2. The summed E-state index contributed by atoms with van der Waals surface area (Å²) in [5.74, 6) is 0.535. The van der Waals surface area contributed by atoms with E-state index in [9.17, 15) is 9.59 Å². The van der Waals surface area contributed by atoms with Gasteiger partial charge in [0.15, 0.2) is 5.96 Å². The second-order valence-electron chi connectivity index (χ2n) is 7.57. The minimum atomic E-state index is -0.385. The van der Waals surface area contributed by atoms with Crippen molar-refractivity contribution in [3.05, 3.63) is 29.8 Å². The van der Waals surface area contributed by atoms with Crippen molar-refractivity contribution in [3.63, 3.8) is 0 Å². The molecule has 1 aliphatic carbocycles. The number of anilines is 1. The Labute approximate surface area is 168 Å². The van der Waals surface area contributed by atoms with Gasteiger partial charge in [-0.2, -0.15) is 0 Å². The molecule has 0 heterocycles. The Morgan fingerprint density at radius 2 is 1.89 bits per heavy atom. The zero-order valence-electron chi connectivity index (χ0n) is 17.5. The molecule has 2 amide bonds. The number of rotatable bonds is 7. The summed E-state index contributed by atoms with van der Waals surface area (Å²) in [5.41, 5.74) is 1.58. The topological polar surface area (TPSA) is 85.8 Å². The first-order valence-corrected chi connectivity index (χ1v) is 9.95. The molecule has 1 aromatic rings. The fraction of sp³-hybridized carbons (Fsp3) is 0.571. The molecule has 1 aliphatic rings. The van der Waals surface area contributed by atoms with E-state index in [1.807, 2.05) is 24.3 Å². The number of carbonyl (C=O) groups excluding carboxylic acids is 2. The molecule has 1 fully saturated rings. The van der Waals surface area contributed by atoms with Crippen LogP contribution in [0.15, 0.2) is 29.3 Å². The number of aryl methyl sites for hydroxylation is 1. The summed E-state index contributed by atoms with van der Waals surface area (Å²) in [7, 11) is 5.26. The minimum Gasteiger partial charge on any atom is -0.355 e. The van der Waals surface area contributed by atoms with Gasteiger partial charge in [0.1, 0.15) is 0 Å². The van der Waals surface area contributed by atoms with E-state index >= 15 is 0 Å². The van der Waals surface area contributed by atoms with Crippen molar-refractivity contribution in [1.29, 1.82) is 0 Å². The van der Waals surface area contributed by atoms with E-state index in [1.54, 1.807) is 26.0 Å². The molecule has 0 saturated heterocycles. The fourth-order valence-corrected chi connectivity index (χ4v) is 3.70. The molecule has 3 N–H and O–H groups in total. The summed E-state index contributed by atoms with van der Waals surface area (Å²) >= 11 is 0. The van der Waals surface area contributed by atoms with Crippen molar-refractivity contribution >= 4 is 23.5 Å². The predicted octanol–water partition coefficient (Wildman–Crippen LogP) is 2.00. The maximum absolute atomic E-state index is 12.7. The highest BCUT2D eigenvalue weighted by atomic mass is 16.2. The Hall–Kier alpha value is -2.57. The van der Waals surface area contributed by atoms with Crippen molar-refractivity contribution in [2.45, 2.75) is 39.0 Å². The van der Waals surface area contributed by atoms with Gasteiger partial charge in [0.05, 0.1) is 12.0 Å². The summed E-state index contributed by atoms with van der Waals surface area (Å²) < 4.78 is 0. The number of aliphatic imine (C=N–C) groups is 1. The molecule has 7 nitrogen and oxygen atoms in total. The van der Waals surface area contributed by atoms with E-state index in [0.717, 1.165) is 37.8 Å². The van der Waals surface area contributed by atoms with Gasteiger partial charge in [0.25, 0.3) is 0 Å². The standard InChI is InChI=1S/C21H33N5O2/c1-5-16-9-8-10-17(13-16)25-18(27)14-23-20(22-2)24-15-21(11-6-7-12-21)19(28)26(3)4/h8-10,13H,5-7,11-12,14-15H2,1-4H3,(H,25,27)(H2,22,23,24). The van der Waals surface area contributed by atoms with Gasteiger partial charge in [0, 0.05) is 33.4 Å². The van der Waals surface area contributed by atoms with Gasteiger partial charge in [-0.1, -0.05) is 31.9 Å². The molecule has 1 aromatic carbocycles. The summed E-state index contributed by atoms with van der Waals surface area (Å²) in [4.78, 5) is 30.7. The number of hydrogen-bond donors (Lipinski definition) is 3. The number of hydrogen-bond acceptors (Lipinski definition) is 3. The summed E-state index contributed by atoms with van der Waals surface area (Å²) in [6.07, 6.45) is 4.80. The maximum Gasteiger partial charge on any atom is 0.243 e. The predicted molar refractivity (Wildman–Crippen MR) is 113 cm³/mol. The Morgan fingerprint density at radius 1 is 1.18 bits per heavy atom. The molecular weight excluding hydrogens is 354 g/mol. The number of nitrogens with zero attached hydrogens (tertiary/aromatic N) is 2. The lowest BCUT2D eigenvalue weighted by Gasteiger charge is -2.31. The molecular formula is C21H33N5O2. The molecule has 0 bridgehead atoms. The van der Waals surface area contributed by atoms with E-state index in [4.69, 9.17) is 0 Å². The lowest BCUT2D eigenvalue weighted by molar-refractivity contribution is -0.138. The third kappa shape index (κ3) is 5.71. The first kappa shape index (κ1) is 21.7. The Morgan fingerprint density at radius 3 is 2.50 bits per heavy atom. The number of carbonyl (C=O) groups is 2. The van der Waals surface area contributed by atoms with Crippen LogP contribution in [0.25, 0.3) is 0 Å². The highest BCUT2D eigenvalue weighted by molar-refractivity contribution is 5.95. The van der Waals surface area contributed by atoms with E-state index in [0.29, 0.717) is 12.5 Å². The minimum absolute atomic E-state index is 0.102. The van der Waals surface area contributed by atoms with Crippen molar-refractivity contribution in [1.82, 2.24) is 15.5 Å². The highest BCUT2D eigenvalue weighted by Crippen LogP contribution is 2.38. The van der Waals surface area contributed by atoms with Gasteiger partial charge >= 0.3 is 0 Å². The van der Waals surface area contributed by atoms with Crippen LogP contribution in [0, 0.1) is 5.41 Å². The van der Waals surface area contributed by atoms with Crippen LogP contribution in [0.1, 0.15) is 38.2 Å². The molecule has 7 heteroatoms. The number of nitrogens with one attached hydrogen (secondary N) is 3. The number of benzene rings is 1. The SMILES string of the molecule is CCc1cccc(NC(=O)CNC(=NC)NCC2(C(=O)N(C)C)CCCC2)c1. The van der Waals surface area contributed by atoms with Crippen LogP contribution in [0.3, 0.4) is 0 Å². The third-order valence-electron chi connectivity index (χ3n) is 5.27. The molecule has 0 atom stereocenters. The molecule has 154 valence electrons. The van der Waals surface area contributed by atoms with Crippen molar-refractivity contribution < 1.29 is 9.59 Å². The smallest absolute Gasteiger partial charge is 0.243 e. The highest BCUT2D eigenvalue weighted by Gasteiger charge is 2.42. The van der Waals surface area contributed by atoms with E-state index in [-0.39, 0.29) is 23.8 Å². The van der Waals surface area contributed by atoms with E-state index < -0.39 is 0 Å². The van der Waals surface area contributed by atoms with Crippen LogP contribution in [0.4, 0.5) is 5.69 Å². The molecule has 2 rings (SSSR count). The van der Waals surface area contributed by atoms with Crippen molar-refractivity contribution in [2.75, 3.05) is 39.5 Å². The monoisotopic (exact) mass is 387 g/mol. The average molecular weight is 388 g/mol. The van der Waals surface area contributed by atoms with Gasteiger partial charge < -0.3 is 20.9 Å². The molecule has 0 radical (unpaired) electrons. The van der Waals surface area contributed by atoms with Crippen molar-refractivity contribution in [2.24, 2.45) is 10.4 Å². The van der Waals surface area contributed by atoms with Crippen LogP contribution in [-0.2, 0) is 16.0 Å².